The van der Waals surface area contributed by atoms with E-state index in [9.17, 15) is 13.2 Å². The molecule has 2 aliphatic rings. The molecule has 0 aliphatic carbocycles. The smallest absolute Gasteiger partial charge is 0.265 e. The first-order valence-corrected chi connectivity index (χ1v) is 9.98. The normalized spacial score (nSPS) is 17.7. The molecule has 136 valence electrons. The number of benzene rings is 2. The first-order chi connectivity index (χ1) is 12.2. The molecule has 6 nitrogen and oxygen atoms in total. The van der Waals surface area contributed by atoms with Crippen LogP contribution < -0.4 is 14.8 Å². The van der Waals surface area contributed by atoms with E-state index in [0.717, 1.165) is 11.1 Å². The summed E-state index contributed by atoms with van der Waals surface area (Å²) in [4.78, 5) is 11.7. The molecule has 0 unspecified atom stereocenters. The van der Waals surface area contributed by atoms with Crippen LogP contribution in [-0.2, 0) is 27.7 Å². The number of hydrogen-bond acceptors (Lipinski definition) is 4. The molecular weight excluding hydrogens is 352 g/mol. The maximum Gasteiger partial charge on any atom is 0.265 e. The molecule has 0 aromatic heterocycles. The molecule has 0 saturated heterocycles. The van der Waals surface area contributed by atoms with Gasteiger partial charge in [0.05, 0.1) is 5.69 Å². The predicted molar refractivity (Wildman–Crippen MR) is 99.1 cm³/mol. The van der Waals surface area contributed by atoms with Crippen LogP contribution in [0.4, 0.5) is 11.4 Å². The number of carbonyl (C=O) groups is 1. The molecule has 7 heteroatoms. The standard InChI is InChI=1S/C19H20N2O4S/c1-19(2)11-13-4-3-5-16(18(13)25-19)26(23,24)21-14-8-6-12-7-9-17(22)20-15(12)10-14/h3-6,8,10,21H,7,9,11H2,1-2H3,(H,20,22). The highest BCUT2D eigenvalue weighted by Crippen LogP contribution is 2.40. The minimum Gasteiger partial charge on any atom is -0.486 e. The monoisotopic (exact) mass is 372 g/mol. The van der Waals surface area contributed by atoms with Gasteiger partial charge in [-0.05, 0) is 49.6 Å². The van der Waals surface area contributed by atoms with Crippen LogP contribution in [0.3, 0.4) is 0 Å². The van der Waals surface area contributed by atoms with Crippen LogP contribution >= 0.6 is 0 Å². The van der Waals surface area contributed by atoms with Crippen molar-refractivity contribution < 1.29 is 17.9 Å². The number of ether oxygens (including phenoxy) is 1. The van der Waals surface area contributed by atoms with Gasteiger partial charge in [-0.25, -0.2) is 8.42 Å². The lowest BCUT2D eigenvalue weighted by molar-refractivity contribution is -0.116. The predicted octanol–water partition coefficient (Wildman–Crippen LogP) is 3.09. The minimum atomic E-state index is -3.82. The van der Waals surface area contributed by atoms with Crippen LogP contribution in [0, 0.1) is 0 Å². The van der Waals surface area contributed by atoms with E-state index in [-0.39, 0.29) is 10.8 Å². The second-order valence-electron chi connectivity index (χ2n) is 7.31. The van der Waals surface area contributed by atoms with Crippen LogP contribution in [0.15, 0.2) is 41.3 Å². The molecular formula is C19H20N2O4S. The third-order valence-electron chi connectivity index (χ3n) is 4.60. The third kappa shape index (κ3) is 3.03. The highest BCUT2D eigenvalue weighted by Gasteiger charge is 2.35. The molecule has 0 fully saturated rings. The van der Waals surface area contributed by atoms with Gasteiger partial charge in [0.1, 0.15) is 16.2 Å². The summed E-state index contributed by atoms with van der Waals surface area (Å²) in [6.45, 7) is 3.87. The van der Waals surface area contributed by atoms with Crippen LogP contribution in [0.5, 0.6) is 5.75 Å². The Bertz CT molecular complexity index is 1010. The molecule has 26 heavy (non-hydrogen) atoms. The average Bonchev–Trinajstić information content (AvgIpc) is 2.87. The number of nitrogens with one attached hydrogen (secondary N) is 2. The molecule has 2 aromatic carbocycles. The van der Waals surface area contributed by atoms with Gasteiger partial charge in [-0.15, -0.1) is 0 Å². The van der Waals surface area contributed by atoms with Crippen molar-refractivity contribution in [2.24, 2.45) is 0 Å². The SMILES string of the molecule is CC1(C)Cc2cccc(S(=O)(=O)Nc3ccc4c(c3)NC(=O)CC4)c2O1. The van der Waals surface area contributed by atoms with E-state index in [4.69, 9.17) is 4.74 Å². The zero-order valence-electron chi connectivity index (χ0n) is 14.6. The van der Waals surface area contributed by atoms with E-state index < -0.39 is 15.6 Å². The molecule has 1 amide bonds. The molecule has 0 spiro atoms. The Kier molecular flexibility index (Phi) is 3.73. The molecule has 0 bridgehead atoms. The first-order valence-electron chi connectivity index (χ1n) is 8.50. The Labute approximate surface area is 152 Å². The topological polar surface area (TPSA) is 84.5 Å². The second kappa shape index (κ2) is 5.74. The van der Waals surface area contributed by atoms with E-state index in [1.54, 1.807) is 24.3 Å². The third-order valence-corrected chi connectivity index (χ3v) is 6.01. The van der Waals surface area contributed by atoms with Crippen molar-refractivity contribution in [2.75, 3.05) is 10.0 Å². The fourth-order valence-electron chi connectivity index (χ4n) is 3.44. The Hall–Kier alpha value is -2.54. The summed E-state index contributed by atoms with van der Waals surface area (Å²) in [5, 5.41) is 2.78. The Balaban J connectivity index is 1.67. The van der Waals surface area contributed by atoms with Crippen LogP contribution in [0.1, 0.15) is 31.4 Å². The summed E-state index contributed by atoms with van der Waals surface area (Å²) in [7, 11) is -3.82. The quantitative estimate of drug-likeness (QED) is 0.867. The zero-order valence-corrected chi connectivity index (χ0v) is 15.4. The van der Waals surface area contributed by atoms with Crippen molar-refractivity contribution in [3.8, 4) is 5.75 Å². The molecule has 2 N–H and O–H groups in total. The highest BCUT2D eigenvalue weighted by atomic mass is 32.2. The van der Waals surface area contributed by atoms with Gasteiger partial charge in [0.15, 0.2) is 0 Å². The van der Waals surface area contributed by atoms with Gasteiger partial charge in [-0.2, -0.15) is 0 Å². The van der Waals surface area contributed by atoms with Crippen LogP contribution in [-0.4, -0.2) is 19.9 Å². The van der Waals surface area contributed by atoms with Crippen molar-refractivity contribution in [3.05, 3.63) is 47.5 Å². The van der Waals surface area contributed by atoms with E-state index in [1.165, 1.54) is 0 Å². The van der Waals surface area contributed by atoms with Gasteiger partial charge in [-0.1, -0.05) is 18.2 Å². The number of aryl methyl sites for hydroxylation is 1. The number of para-hydroxylation sites is 1. The Morgan fingerprint density at radius 3 is 2.73 bits per heavy atom. The lowest BCUT2D eigenvalue weighted by Gasteiger charge is -2.19. The maximum absolute atomic E-state index is 12.9. The molecule has 2 heterocycles. The summed E-state index contributed by atoms with van der Waals surface area (Å²) in [6.07, 6.45) is 1.77. The van der Waals surface area contributed by atoms with Crippen molar-refractivity contribution in [1.29, 1.82) is 0 Å². The van der Waals surface area contributed by atoms with Crippen molar-refractivity contribution in [3.63, 3.8) is 0 Å². The summed E-state index contributed by atoms with van der Waals surface area (Å²) < 4.78 is 34.3. The first kappa shape index (κ1) is 16.9. The summed E-state index contributed by atoms with van der Waals surface area (Å²) >= 11 is 0. The minimum absolute atomic E-state index is 0.0611. The fraction of sp³-hybridized carbons (Fsp3) is 0.316. The van der Waals surface area contributed by atoms with Crippen molar-refractivity contribution in [2.45, 2.75) is 43.6 Å². The number of hydrogen-bond donors (Lipinski definition) is 2. The highest BCUT2D eigenvalue weighted by molar-refractivity contribution is 7.92. The van der Waals surface area contributed by atoms with E-state index in [0.29, 0.717) is 36.4 Å². The van der Waals surface area contributed by atoms with Gasteiger partial charge in [0, 0.05) is 18.5 Å². The maximum atomic E-state index is 12.9. The van der Waals surface area contributed by atoms with E-state index in [1.807, 2.05) is 26.0 Å². The number of rotatable bonds is 3. The van der Waals surface area contributed by atoms with Gasteiger partial charge in [0.25, 0.3) is 10.0 Å². The summed E-state index contributed by atoms with van der Waals surface area (Å²) in [6, 6.07) is 10.4. The van der Waals surface area contributed by atoms with Crippen LogP contribution in [0.25, 0.3) is 0 Å². The number of fused-ring (bicyclic) bond motifs is 2. The van der Waals surface area contributed by atoms with Crippen LogP contribution in [0.2, 0.25) is 0 Å². The lowest BCUT2D eigenvalue weighted by Crippen LogP contribution is -2.25. The number of sulfonamides is 1. The second-order valence-corrected chi connectivity index (χ2v) is 8.96. The molecule has 2 aliphatic heterocycles. The number of anilines is 2. The van der Waals surface area contributed by atoms with Gasteiger partial charge in [-0.3, -0.25) is 9.52 Å². The van der Waals surface area contributed by atoms with Crippen molar-refractivity contribution in [1.82, 2.24) is 0 Å². The van der Waals surface area contributed by atoms with Gasteiger partial charge < -0.3 is 10.1 Å². The average molecular weight is 372 g/mol. The van der Waals surface area contributed by atoms with E-state index >= 15 is 0 Å². The molecule has 4 rings (SSSR count). The molecule has 0 radical (unpaired) electrons. The van der Waals surface area contributed by atoms with Gasteiger partial charge >= 0.3 is 0 Å². The largest absolute Gasteiger partial charge is 0.486 e. The van der Waals surface area contributed by atoms with Crippen molar-refractivity contribution >= 4 is 27.3 Å². The summed E-state index contributed by atoms with van der Waals surface area (Å²) in [5.41, 5.74) is 2.51. The molecule has 0 atom stereocenters. The molecule has 0 saturated carbocycles. The Morgan fingerprint density at radius 2 is 1.92 bits per heavy atom. The number of carbonyl (C=O) groups excluding carboxylic acids is 1. The summed E-state index contributed by atoms with van der Waals surface area (Å²) in [5.74, 6) is 0.352. The molecule has 2 aromatic rings. The fourth-order valence-corrected chi connectivity index (χ4v) is 4.67. The van der Waals surface area contributed by atoms with E-state index in [2.05, 4.69) is 10.0 Å². The number of amides is 1. The lowest BCUT2D eigenvalue weighted by atomic mass is 10.0. The van der Waals surface area contributed by atoms with Gasteiger partial charge in [0.2, 0.25) is 5.91 Å². The Morgan fingerprint density at radius 1 is 1.12 bits per heavy atom. The zero-order chi connectivity index (χ0) is 18.5.